The maximum absolute atomic E-state index is 12.3. The van der Waals surface area contributed by atoms with Crippen LogP contribution in [-0.2, 0) is 24.8 Å². The Labute approximate surface area is 234 Å². The number of thiophene rings is 1. The van der Waals surface area contributed by atoms with E-state index in [9.17, 15) is 4.79 Å². The molecule has 8 nitrogen and oxygen atoms in total. The van der Waals surface area contributed by atoms with Gasteiger partial charge in [0.25, 0.3) is 0 Å². The fourth-order valence-electron chi connectivity index (χ4n) is 4.85. The number of ether oxygens (including phenoxy) is 3. The van der Waals surface area contributed by atoms with E-state index in [2.05, 4.69) is 46.8 Å². The second kappa shape index (κ2) is 11.3. The van der Waals surface area contributed by atoms with Crippen molar-refractivity contribution >= 4 is 27.6 Å². The van der Waals surface area contributed by atoms with Crippen molar-refractivity contribution in [2.75, 3.05) is 26.3 Å². The molecular weight excluding hydrogens is 512 g/mol. The van der Waals surface area contributed by atoms with Crippen LogP contribution in [0.3, 0.4) is 0 Å². The molecule has 0 saturated carbocycles. The number of imidazole rings is 1. The number of aryl methyl sites for hydroxylation is 2. The summed E-state index contributed by atoms with van der Waals surface area (Å²) in [7, 11) is 2.10. The summed E-state index contributed by atoms with van der Waals surface area (Å²) in [6.07, 6.45) is 3.69. The zero-order valence-corrected chi connectivity index (χ0v) is 24.3. The summed E-state index contributed by atoms with van der Waals surface area (Å²) in [6, 6.07) is 12.1. The van der Waals surface area contributed by atoms with Crippen LogP contribution < -0.4 is 9.47 Å². The van der Waals surface area contributed by atoms with Gasteiger partial charge in [0.2, 0.25) is 0 Å². The zero-order chi connectivity index (χ0) is 27.6. The Morgan fingerprint density at radius 2 is 1.87 bits per heavy atom. The van der Waals surface area contributed by atoms with Crippen molar-refractivity contribution in [3.8, 4) is 23.0 Å². The highest BCUT2D eigenvalue weighted by Gasteiger charge is 2.30. The molecule has 1 atom stereocenters. The SMILES string of the molecule is CCc1cn(CCOc2ccc(OCC3CCN(C(=O)OC(C)(C)C)C3)cc2)c(-c2cc3sccc3n2C)n1. The number of carbonyl (C=O) groups excluding carboxylic acids is 1. The van der Waals surface area contributed by atoms with Gasteiger partial charge in [-0.1, -0.05) is 6.92 Å². The number of fused-ring (bicyclic) bond motifs is 1. The standard InChI is InChI=1S/C30H38N4O4S/c1-6-22-19-33(28(31-22)26-17-27-25(32(26)5)12-16-39-27)14-15-36-23-7-9-24(10-8-23)37-20-21-11-13-34(18-21)29(35)38-30(2,3)4/h7-10,12,16-17,19,21H,6,11,13-15,18,20H2,1-5H3. The van der Waals surface area contributed by atoms with Gasteiger partial charge in [-0.15, -0.1) is 11.3 Å². The molecule has 0 bridgehead atoms. The van der Waals surface area contributed by atoms with Crippen LogP contribution in [0.5, 0.6) is 11.5 Å². The number of rotatable bonds is 9. The number of likely N-dealkylation sites (tertiary alicyclic amines) is 1. The highest BCUT2D eigenvalue weighted by atomic mass is 32.1. The maximum atomic E-state index is 12.3. The van der Waals surface area contributed by atoms with Gasteiger partial charge in [-0.25, -0.2) is 9.78 Å². The summed E-state index contributed by atoms with van der Waals surface area (Å²) in [5.41, 5.74) is 2.95. The van der Waals surface area contributed by atoms with E-state index in [1.807, 2.05) is 45.0 Å². The van der Waals surface area contributed by atoms with Gasteiger partial charge in [0.15, 0.2) is 5.82 Å². The lowest BCUT2D eigenvalue weighted by atomic mass is 10.1. The highest BCUT2D eigenvalue weighted by Crippen LogP contribution is 2.30. The molecule has 0 aliphatic carbocycles. The molecule has 208 valence electrons. The summed E-state index contributed by atoms with van der Waals surface area (Å²) in [5, 5.41) is 2.12. The van der Waals surface area contributed by atoms with Gasteiger partial charge < -0.3 is 28.2 Å². The molecule has 3 aromatic heterocycles. The van der Waals surface area contributed by atoms with Crippen LogP contribution in [0.4, 0.5) is 4.79 Å². The molecule has 1 saturated heterocycles. The lowest BCUT2D eigenvalue weighted by molar-refractivity contribution is 0.0284. The van der Waals surface area contributed by atoms with Crippen molar-refractivity contribution in [1.29, 1.82) is 0 Å². The van der Waals surface area contributed by atoms with Gasteiger partial charge in [0.05, 0.1) is 34.8 Å². The van der Waals surface area contributed by atoms with Gasteiger partial charge in [-0.05, 0) is 75.4 Å². The molecule has 0 radical (unpaired) electrons. The van der Waals surface area contributed by atoms with E-state index in [0.717, 1.165) is 41.6 Å². The maximum Gasteiger partial charge on any atom is 0.410 e. The summed E-state index contributed by atoms with van der Waals surface area (Å²) in [6.45, 7) is 11.0. The molecule has 4 heterocycles. The van der Waals surface area contributed by atoms with Crippen LogP contribution >= 0.6 is 11.3 Å². The molecule has 9 heteroatoms. The predicted octanol–water partition coefficient (Wildman–Crippen LogP) is 6.38. The first-order chi connectivity index (χ1) is 18.7. The summed E-state index contributed by atoms with van der Waals surface area (Å²) < 4.78 is 23.2. The molecule has 0 spiro atoms. The molecule has 4 aromatic rings. The first-order valence-electron chi connectivity index (χ1n) is 13.6. The summed E-state index contributed by atoms with van der Waals surface area (Å²) >= 11 is 1.75. The minimum absolute atomic E-state index is 0.247. The molecule has 1 aromatic carbocycles. The third-order valence-electron chi connectivity index (χ3n) is 6.93. The second-order valence-corrected chi connectivity index (χ2v) is 12.0. The molecule has 5 rings (SSSR count). The van der Waals surface area contributed by atoms with E-state index >= 15 is 0 Å². The normalized spacial score (nSPS) is 15.7. The number of nitrogens with zero attached hydrogens (tertiary/aromatic N) is 4. The monoisotopic (exact) mass is 550 g/mol. The smallest absolute Gasteiger partial charge is 0.410 e. The molecule has 1 amide bonds. The fraction of sp³-hybridized carbons (Fsp3) is 0.467. The second-order valence-electron chi connectivity index (χ2n) is 11.1. The number of aromatic nitrogens is 3. The molecule has 1 unspecified atom stereocenters. The van der Waals surface area contributed by atoms with Gasteiger partial charge in [0.1, 0.15) is 23.7 Å². The van der Waals surface area contributed by atoms with Crippen molar-refractivity contribution in [2.24, 2.45) is 13.0 Å². The van der Waals surface area contributed by atoms with E-state index in [-0.39, 0.29) is 6.09 Å². The van der Waals surface area contributed by atoms with E-state index in [1.165, 1.54) is 10.2 Å². The van der Waals surface area contributed by atoms with E-state index < -0.39 is 5.60 Å². The van der Waals surface area contributed by atoms with Gasteiger partial charge >= 0.3 is 6.09 Å². The minimum atomic E-state index is -0.478. The number of carbonyl (C=O) groups is 1. The highest BCUT2D eigenvalue weighted by molar-refractivity contribution is 7.17. The molecule has 0 N–H and O–H groups in total. The number of benzene rings is 1. The van der Waals surface area contributed by atoms with Crippen molar-refractivity contribution in [2.45, 2.75) is 52.7 Å². The third-order valence-corrected chi connectivity index (χ3v) is 7.78. The quantitative estimate of drug-likeness (QED) is 0.242. The summed E-state index contributed by atoms with van der Waals surface area (Å²) in [4.78, 5) is 19.0. The lowest BCUT2D eigenvalue weighted by Crippen LogP contribution is -2.35. The molecule has 1 fully saturated rings. The Kier molecular flexibility index (Phi) is 7.88. The van der Waals surface area contributed by atoms with Gasteiger partial charge in [0, 0.05) is 32.3 Å². The van der Waals surface area contributed by atoms with Crippen LogP contribution in [0.1, 0.15) is 39.8 Å². The van der Waals surface area contributed by atoms with Crippen LogP contribution in [0.15, 0.2) is 48.0 Å². The van der Waals surface area contributed by atoms with Crippen molar-refractivity contribution in [3.05, 3.63) is 53.7 Å². The Balaban J connectivity index is 1.12. The Morgan fingerprint density at radius 1 is 1.13 bits per heavy atom. The van der Waals surface area contributed by atoms with Crippen LogP contribution in [0, 0.1) is 5.92 Å². The van der Waals surface area contributed by atoms with Crippen LogP contribution in [0.25, 0.3) is 21.7 Å². The Hall–Kier alpha value is -3.46. The average Bonchev–Trinajstić information content (AvgIpc) is 3.68. The Morgan fingerprint density at radius 3 is 2.56 bits per heavy atom. The van der Waals surface area contributed by atoms with Crippen molar-refractivity contribution in [1.82, 2.24) is 19.0 Å². The van der Waals surface area contributed by atoms with Crippen molar-refractivity contribution < 1.29 is 19.0 Å². The molecule has 39 heavy (non-hydrogen) atoms. The topological polar surface area (TPSA) is 70.8 Å². The van der Waals surface area contributed by atoms with E-state index in [1.54, 1.807) is 16.2 Å². The fourth-order valence-corrected chi connectivity index (χ4v) is 5.70. The first-order valence-corrected chi connectivity index (χ1v) is 14.5. The predicted molar refractivity (Wildman–Crippen MR) is 155 cm³/mol. The van der Waals surface area contributed by atoms with Gasteiger partial charge in [-0.3, -0.25) is 0 Å². The van der Waals surface area contributed by atoms with E-state index in [0.29, 0.717) is 38.8 Å². The largest absolute Gasteiger partial charge is 0.493 e. The average molecular weight is 551 g/mol. The van der Waals surface area contributed by atoms with Crippen LogP contribution in [0.2, 0.25) is 0 Å². The zero-order valence-electron chi connectivity index (χ0n) is 23.5. The molecular formula is C30H38N4O4S. The van der Waals surface area contributed by atoms with Crippen LogP contribution in [-0.4, -0.2) is 57.0 Å². The Bertz CT molecular complexity index is 1410. The summed E-state index contributed by atoms with van der Waals surface area (Å²) in [5.74, 6) is 2.87. The van der Waals surface area contributed by atoms with E-state index in [4.69, 9.17) is 19.2 Å². The molecule has 1 aliphatic rings. The van der Waals surface area contributed by atoms with Crippen molar-refractivity contribution in [3.63, 3.8) is 0 Å². The third kappa shape index (κ3) is 6.41. The lowest BCUT2D eigenvalue weighted by Gasteiger charge is -2.24. The minimum Gasteiger partial charge on any atom is -0.493 e. The number of hydrogen-bond donors (Lipinski definition) is 0. The van der Waals surface area contributed by atoms with Gasteiger partial charge in [-0.2, -0.15) is 0 Å². The number of hydrogen-bond acceptors (Lipinski definition) is 6. The first kappa shape index (κ1) is 27.1. The number of amides is 1. The molecule has 1 aliphatic heterocycles.